The van der Waals surface area contributed by atoms with E-state index in [-0.39, 0.29) is 5.69 Å². The molecule has 0 saturated heterocycles. The molecule has 0 spiro atoms. The monoisotopic (exact) mass is 297 g/mol. The van der Waals surface area contributed by atoms with Crippen LogP contribution in [0.4, 0.5) is 5.69 Å². The molecule has 2 aromatic rings. The van der Waals surface area contributed by atoms with Crippen LogP contribution in [0.3, 0.4) is 0 Å². The predicted molar refractivity (Wildman–Crippen MR) is 85.0 cm³/mol. The van der Waals surface area contributed by atoms with Gasteiger partial charge < -0.3 is 10.0 Å². The summed E-state index contributed by atoms with van der Waals surface area (Å²) < 4.78 is 0. The molecule has 1 aromatic heterocycles. The summed E-state index contributed by atoms with van der Waals surface area (Å²) in [5, 5.41) is 8.89. The Bertz CT molecular complexity index is 670. The summed E-state index contributed by atoms with van der Waals surface area (Å²) in [5.74, 6) is -0.989. The van der Waals surface area contributed by atoms with Crippen molar-refractivity contribution in [2.24, 2.45) is 0 Å². The SMILES string of the molecule is CN1CCN(Cc2ccc(C(=O)O)nc2)Cc2ccccc21. The highest BCUT2D eigenvalue weighted by Crippen LogP contribution is 2.24. The molecule has 5 nitrogen and oxygen atoms in total. The summed E-state index contributed by atoms with van der Waals surface area (Å²) in [6.07, 6.45) is 1.66. The van der Waals surface area contributed by atoms with E-state index in [2.05, 4.69) is 46.1 Å². The van der Waals surface area contributed by atoms with E-state index in [0.717, 1.165) is 31.7 Å². The molecular weight excluding hydrogens is 278 g/mol. The molecule has 0 unspecified atom stereocenters. The van der Waals surface area contributed by atoms with Crippen LogP contribution in [-0.2, 0) is 13.1 Å². The molecule has 1 N–H and O–H groups in total. The average molecular weight is 297 g/mol. The second-order valence-electron chi connectivity index (χ2n) is 5.62. The van der Waals surface area contributed by atoms with Crippen LogP contribution in [-0.4, -0.2) is 41.1 Å². The highest BCUT2D eigenvalue weighted by atomic mass is 16.4. The molecule has 5 heteroatoms. The number of likely N-dealkylation sites (N-methyl/N-ethyl adjacent to an activating group) is 1. The maximum absolute atomic E-state index is 10.8. The van der Waals surface area contributed by atoms with Gasteiger partial charge in [-0.3, -0.25) is 4.90 Å². The van der Waals surface area contributed by atoms with Crippen LogP contribution in [0.2, 0.25) is 0 Å². The first-order valence-corrected chi connectivity index (χ1v) is 7.33. The predicted octanol–water partition coefficient (Wildman–Crippen LogP) is 2.23. The Morgan fingerprint density at radius 3 is 2.77 bits per heavy atom. The van der Waals surface area contributed by atoms with Crippen LogP contribution in [0.25, 0.3) is 0 Å². The number of aromatic carboxylic acids is 1. The molecule has 0 fully saturated rings. The summed E-state index contributed by atoms with van der Waals surface area (Å²) >= 11 is 0. The fraction of sp³-hybridized carbons (Fsp3) is 0.294. The third-order valence-electron chi connectivity index (χ3n) is 4.00. The highest BCUT2D eigenvalue weighted by Gasteiger charge is 2.17. The minimum absolute atomic E-state index is 0.0877. The van der Waals surface area contributed by atoms with Crippen LogP contribution in [0.15, 0.2) is 42.6 Å². The Balaban J connectivity index is 1.75. The topological polar surface area (TPSA) is 56.7 Å². The summed E-state index contributed by atoms with van der Waals surface area (Å²) in [6, 6.07) is 11.9. The molecule has 2 heterocycles. The number of para-hydroxylation sites is 1. The second-order valence-corrected chi connectivity index (χ2v) is 5.62. The zero-order valence-corrected chi connectivity index (χ0v) is 12.6. The van der Waals surface area contributed by atoms with Crippen LogP contribution in [0.1, 0.15) is 21.6 Å². The van der Waals surface area contributed by atoms with Gasteiger partial charge in [-0.15, -0.1) is 0 Å². The minimum Gasteiger partial charge on any atom is -0.477 e. The normalized spacial score (nSPS) is 15.2. The summed E-state index contributed by atoms with van der Waals surface area (Å²) in [5.41, 5.74) is 3.72. The zero-order chi connectivity index (χ0) is 15.5. The molecule has 3 rings (SSSR count). The fourth-order valence-corrected chi connectivity index (χ4v) is 2.79. The molecule has 0 amide bonds. The number of carbonyl (C=O) groups is 1. The molecule has 0 radical (unpaired) electrons. The van der Waals surface area contributed by atoms with Gasteiger partial charge in [-0.1, -0.05) is 24.3 Å². The van der Waals surface area contributed by atoms with Crippen molar-refractivity contribution in [1.82, 2.24) is 9.88 Å². The number of aromatic nitrogens is 1. The molecule has 1 aliphatic rings. The maximum Gasteiger partial charge on any atom is 0.354 e. The Hall–Kier alpha value is -2.40. The molecule has 0 saturated carbocycles. The van der Waals surface area contributed by atoms with Crippen molar-refractivity contribution >= 4 is 11.7 Å². The lowest BCUT2D eigenvalue weighted by Crippen LogP contribution is -2.28. The summed E-state index contributed by atoms with van der Waals surface area (Å²) in [4.78, 5) is 19.5. The lowest BCUT2D eigenvalue weighted by Gasteiger charge is -2.20. The number of benzene rings is 1. The van der Waals surface area contributed by atoms with Crippen molar-refractivity contribution in [1.29, 1.82) is 0 Å². The molecule has 0 atom stereocenters. The molecule has 0 aliphatic carbocycles. The first-order chi connectivity index (χ1) is 10.6. The van der Waals surface area contributed by atoms with Gasteiger partial charge in [0.05, 0.1) is 0 Å². The maximum atomic E-state index is 10.8. The van der Waals surface area contributed by atoms with Crippen molar-refractivity contribution in [3.8, 4) is 0 Å². The number of hydrogen-bond donors (Lipinski definition) is 1. The third kappa shape index (κ3) is 3.09. The van der Waals surface area contributed by atoms with Crippen LogP contribution < -0.4 is 4.90 Å². The van der Waals surface area contributed by atoms with E-state index >= 15 is 0 Å². The fourth-order valence-electron chi connectivity index (χ4n) is 2.79. The number of fused-ring (bicyclic) bond motifs is 1. The number of rotatable bonds is 3. The molecule has 0 bridgehead atoms. The minimum atomic E-state index is -0.989. The standard InChI is InChI=1S/C17H19N3O2/c1-19-8-9-20(12-14-4-2-3-5-16(14)19)11-13-6-7-15(17(21)22)18-10-13/h2-7,10H,8-9,11-12H2,1H3,(H,21,22). The van der Waals surface area contributed by atoms with Crippen molar-refractivity contribution in [3.63, 3.8) is 0 Å². The van der Waals surface area contributed by atoms with Gasteiger partial charge in [0, 0.05) is 45.1 Å². The summed E-state index contributed by atoms with van der Waals surface area (Å²) in [6.45, 7) is 3.60. The second kappa shape index (κ2) is 6.15. The number of hydrogen-bond acceptors (Lipinski definition) is 4. The molecule has 1 aliphatic heterocycles. The Labute approximate surface area is 129 Å². The van der Waals surface area contributed by atoms with E-state index in [0.29, 0.717) is 0 Å². The van der Waals surface area contributed by atoms with Gasteiger partial charge in [0.1, 0.15) is 5.69 Å². The Morgan fingerprint density at radius 2 is 2.05 bits per heavy atom. The highest BCUT2D eigenvalue weighted by molar-refractivity contribution is 5.85. The van der Waals surface area contributed by atoms with Crippen LogP contribution in [0, 0.1) is 0 Å². The van der Waals surface area contributed by atoms with Gasteiger partial charge in [0.2, 0.25) is 0 Å². The van der Waals surface area contributed by atoms with E-state index in [1.165, 1.54) is 11.3 Å². The molecule has 22 heavy (non-hydrogen) atoms. The van der Waals surface area contributed by atoms with E-state index in [1.54, 1.807) is 12.3 Å². The van der Waals surface area contributed by atoms with E-state index in [4.69, 9.17) is 5.11 Å². The van der Waals surface area contributed by atoms with Gasteiger partial charge in [0.25, 0.3) is 0 Å². The lowest BCUT2D eigenvalue weighted by atomic mass is 10.1. The first kappa shape index (κ1) is 14.5. The Kier molecular flexibility index (Phi) is 4.06. The van der Waals surface area contributed by atoms with Gasteiger partial charge in [0.15, 0.2) is 0 Å². The van der Waals surface area contributed by atoms with E-state index < -0.39 is 5.97 Å². The number of pyridine rings is 1. The molecule has 114 valence electrons. The number of nitrogens with zero attached hydrogens (tertiary/aromatic N) is 3. The molecule has 1 aromatic carbocycles. The van der Waals surface area contributed by atoms with Gasteiger partial charge in [-0.2, -0.15) is 0 Å². The van der Waals surface area contributed by atoms with Crippen LogP contribution >= 0.6 is 0 Å². The number of carboxylic acid groups (broad SMARTS) is 1. The molecular formula is C17H19N3O2. The number of anilines is 1. The van der Waals surface area contributed by atoms with Crippen molar-refractivity contribution in [3.05, 3.63) is 59.4 Å². The smallest absolute Gasteiger partial charge is 0.354 e. The zero-order valence-electron chi connectivity index (χ0n) is 12.6. The first-order valence-electron chi connectivity index (χ1n) is 7.33. The summed E-state index contributed by atoms with van der Waals surface area (Å²) in [7, 11) is 2.12. The van der Waals surface area contributed by atoms with E-state index in [9.17, 15) is 4.79 Å². The van der Waals surface area contributed by atoms with Crippen molar-refractivity contribution < 1.29 is 9.90 Å². The quantitative estimate of drug-likeness (QED) is 0.941. The van der Waals surface area contributed by atoms with Gasteiger partial charge in [-0.05, 0) is 23.3 Å². The Morgan fingerprint density at radius 1 is 1.23 bits per heavy atom. The van der Waals surface area contributed by atoms with Crippen molar-refractivity contribution in [2.75, 3.05) is 25.0 Å². The van der Waals surface area contributed by atoms with Gasteiger partial charge >= 0.3 is 5.97 Å². The largest absolute Gasteiger partial charge is 0.477 e. The third-order valence-corrected chi connectivity index (χ3v) is 4.00. The lowest BCUT2D eigenvalue weighted by molar-refractivity contribution is 0.0690. The van der Waals surface area contributed by atoms with E-state index in [1.807, 2.05) is 6.07 Å². The average Bonchev–Trinajstić information content (AvgIpc) is 2.68. The van der Waals surface area contributed by atoms with Gasteiger partial charge in [-0.25, -0.2) is 9.78 Å². The number of carboxylic acids is 1. The van der Waals surface area contributed by atoms with Crippen molar-refractivity contribution in [2.45, 2.75) is 13.1 Å². The van der Waals surface area contributed by atoms with Crippen LogP contribution in [0.5, 0.6) is 0 Å².